The Morgan fingerprint density at radius 1 is 1.09 bits per heavy atom. The van der Waals surface area contributed by atoms with Crippen molar-refractivity contribution in [3.8, 4) is 0 Å². The molecule has 1 amide bonds. The number of hydrogen-bond acceptors (Lipinski definition) is 3. The Labute approximate surface area is 146 Å². The minimum Gasteiger partial charge on any atom is -0.481 e. The fraction of sp³-hybridized carbons (Fsp3) is 0.882. The van der Waals surface area contributed by atoms with Crippen molar-refractivity contribution in [2.24, 2.45) is 23.7 Å². The first kappa shape index (κ1) is 18.7. The number of aliphatic hydroxyl groups is 1. The Hall–Kier alpha value is -0.620. The molecule has 0 saturated heterocycles. The third-order valence-electron chi connectivity index (χ3n) is 5.47. The standard InChI is InChI=1S/C17H28BrNO4/c1-3-5-7-19(8-6-4-2)16(21)12-10-9-11(13(12)17(22)23)15(20)14(10)18/h10-15,20H,3-9H2,1-2H3,(H,22,23). The maximum Gasteiger partial charge on any atom is 0.307 e. The molecule has 23 heavy (non-hydrogen) atoms. The van der Waals surface area contributed by atoms with Crippen LogP contribution in [0.4, 0.5) is 0 Å². The molecule has 0 aromatic carbocycles. The summed E-state index contributed by atoms with van der Waals surface area (Å²) in [6.07, 6.45) is 3.86. The predicted molar refractivity (Wildman–Crippen MR) is 91.3 cm³/mol. The van der Waals surface area contributed by atoms with Crippen molar-refractivity contribution in [1.82, 2.24) is 4.90 Å². The lowest BCUT2D eigenvalue weighted by Gasteiger charge is -2.36. The monoisotopic (exact) mass is 389 g/mol. The van der Waals surface area contributed by atoms with Crippen molar-refractivity contribution in [1.29, 1.82) is 0 Å². The fourth-order valence-electron chi connectivity index (χ4n) is 4.22. The first-order valence-corrected chi connectivity index (χ1v) is 9.69. The smallest absolute Gasteiger partial charge is 0.307 e. The highest BCUT2D eigenvalue weighted by atomic mass is 79.9. The number of carboxylic acid groups (broad SMARTS) is 1. The molecule has 0 aromatic heterocycles. The summed E-state index contributed by atoms with van der Waals surface area (Å²) in [6.45, 7) is 5.58. The van der Waals surface area contributed by atoms with Crippen molar-refractivity contribution < 1.29 is 19.8 Å². The molecule has 6 heteroatoms. The van der Waals surface area contributed by atoms with Crippen molar-refractivity contribution in [3.05, 3.63) is 0 Å². The minimum atomic E-state index is -0.944. The SMILES string of the molecule is CCCCN(CCCC)C(=O)C1C2CC(C(O)C2Br)C1C(=O)O. The van der Waals surface area contributed by atoms with Gasteiger partial charge in [-0.2, -0.15) is 0 Å². The molecule has 132 valence electrons. The van der Waals surface area contributed by atoms with Crippen LogP contribution in [-0.4, -0.2) is 51.0 Å². The topological polar surface area (TPSA) is 77.8 Å². The number of aliphatic hydroxyl groups excluding tert-OH is 1. The van der Waals surface area contributed by atoms with Crippen LogP contribution in [0.2, 0.25) is 0 Å². The van der Waals surface area contributed by atoms with E-state index in [1.165, 1.54) is 0 Å². The van der Waals surface area contributed by atoms with Crippen molar-refractivity contribution in [3.63, 3.8) is 0 Å². The van der Waals surface area contributed by atoms with Crippen LogP contribution in [0.3, 0.4) is 0 Å². The third kappa shape index (κ3) is 3.58. The molecule has 0 aromatic rings. The summed E-state index contributed by atoms with van der Waals surface area (Å²) >= 11 is 3.49. The Kier molecular flexibility index (Phi) is 6.48. The van der Waals surface area contributed by atoms with E-state index in [1.54, 1.807) is 0 Å². The predicted octanol–water partition coefficient (Wildman–Crippen LogP) is 2.51. The number of unbranched alkanes of at least 4 members (excludes halogenated alkanes) is 2. The van der Waals surface area contributed by atoms with Crippen LogP contribution in [0.1, 0.15) is 46.0 Å². The zero-order valence-corrected chi connectivity index (χ0v) is 15.5. The second-order valence-electron chi connectivity index (χ2n) is 6.92. The van der Waals surface area contributed by atoms with Gasteiger partial charge in [-0.15, -0.1) is 0 Å². The summed E-state index contributed by atoms with van der Waals surface area (Å²) in [6, 6.07) is 0. The third-order valence-corrected chi connectivity index (χ3v) is 6.69. The highest BCUT2D eigenvalue weighted by Gasteiger charge is 2.62. The maximum atomic E-state index is 13.1. The van der Waals surface area contributed by atoms with Gasteiger partial charge in [-0.25, -0.2) is 0 Å². The summed E-state index contributed by atoms with van der Waals surface area (Å²) in [5.74, 6) is -2.60. The van der Waals surface area contributed by atoms with Gasteiger partial charge in [0.1, 0.15) is 0 Å². The molecule has 2 aliphatic rings. The molecule has 2 fully saturated rings. The van der Waals surface area contributed by atoms with Gasteiger partial charge in [0.2, 0.25) is 5.91 Å². The van der Waals surface area contributed by atoms with Crippen LogP contribution in [-0.2, 0) is 9.59 Å². The summed E-state index contributed by atoms with van der Waals surface area (Å²) in [4.78, 5) is 26.5. The molecule has 2 N–H and O–H groups in total. The molecule has 2 aliphatic carbocycles. The average Bonchev–Trinajstić information content (AvgIpc) is 3.04. The van der Waals surface area contributed by atoms with E-state index in [0.717, 1.165) is 25.7 Å². The molecule has 6 atom stereocenters. The summed E-state index contributed by atoms with van der Waals surface area (Å²) in [5.41, 5.74) is 0. The van der Waals surface area contributed by atoms with Gasteiger partial charge >= 0.3 is 5.97 Å². The minimum absolute atomic E-state index is 0.0249. The molecule has 0 aliphatic heterocycles. The first-order valence-electron chi connectivity index (χ1n) is 8.77. The Morgan fingerprint density at radius 2 is 1.65 bits per heavy atom. The lowest BCUT2D eigenvalue weighted by molar-refractivity contribution is -0.155. The molecule has 0 radical (unpaired) electrons. The van der Waals surface area contributed by atoms with Gasteiger partial charge in [0.25, 0.3) is 0 Å². The molecule has 0 heterocycles. The zero-order valence-electron chi connectivity index (χ0n) is 13.9. The van der Waals surface area contributed by atoms with Crippen LogP contribution in [0, 0.1) is 23.7 Å². The number of halogens is 1. The number of carbonyl (C=O) groups excluding carboxylic acids is 1. The van der Waals surface area contributed by atoms with Gasteiger partial charge in [-0.3, -0.25) is 9.59 Å². The van der Waals surface area contributed by atoms with E-state index in [2.05, 4.69) is 29.8 Å². The first-order chi connectivity index (χ1) is 10.9. The molecule has 2 saturated carbocycles. The molecular weight excluding hydrogens is 362 g/mol. The van der Waals surface area contributed by atoms with Gasteiger partial charge in [-0.05, 0) is 25.2 Å². The van der Waals surface area contributed by atoms with Gasteiger partial charge in [-0.1, -0.05) is 42.6 Å². The van der Waals surface area contributed by atoms with Gasteiger partial charge in [0.15, 0.2) is 0 Å². The highest BCUT2D eigenvalue weighted by molar-refractivity contribution is 9.09. The van der Waals surface area contributed by atoms with E-state index in [-0.39, 0.29) is 22.6 Å². The number of hydrogen-bond donors (Lipinski definition) is 2. The Morgan fingerprint density at radius 3 is 2.13 bits per heavy atom. The van der Waals surface area contributed by atoms with E-state index in [1.807, 2.05) is 4.90 Å². The normalized spacial score (nSPS) is 35.5. The second-order valence-corrected chi connectivity index (χ2v) is 7.98. The number of fused-ring (bicyclic) bond motifs is 2. The van der Waals surface area contributed by atoms with Gasteiger partial charge in [0.05, 0.1) is 17.9 Å². The number of carbonyl (C=O) groups is 2. The highest BCUT2D eigenvalue weighted by Crippen LogP contribution is 2.55. The van der Waals surface area contributed by atoms with E-state index in [9.17, 15) is 19.8 Å². The quantitative estimate of drug-likeness (QED) is 0.625. The number of rotatable bonds is 8. The van der Waals surface area contributed by atoms with Crippen LogP contribution in [0.15, 0.2) is 0 Å². The van der Waals surface area contributed by atoms with Crippen LogP contribution in [0.25, 0.3) is 0 Å². The van der Waals surface area contributed by atoms with E-state index < -0.39 is 23.9 Å². The van der Waals surface area contributed by atoms with Gasteiger partial charge < -0.3 is 15.1 Å². The van der Waals surface area contributed by atoms with E-state index in [0.29, 0.717) is 19.5 Å². The molecule has 6 unspecified atom stereocenters. The molecule has 2 rings (SSSR count). The number of nitrogens with zero attached hydrogens (tertiary/aromatic N) is 1. The van der Waals surface area contributed by atoms with Crippen molar-refractivity contribution in [2.75, 3.05) is 13.1 Å². The molecule has 0 spiro atoms. The largest absolute Gasteiger partial charge is 0.481 e. The number of alkyl halides is 1. The van der Waals surface area contributed by atoms with Crippen molar-refractivity contribution >= 4 is 27.8 Å². The van der Waals surface area contributed by atoms with E-state index >= 15 is 0 Å². The molecule has 5 nitrogen and oxygen atoms in total. The Bertz CT molecular complexity index is 436. The van der Waals surface area contributed by atoms with Crippen LogP contribution in [0.5, 0.6) is 0 Å². The Balaban J connectivity index is 2.18. The maximum absolute atomic E-state index is 13.1. The summed E-state index contributed by atoms with van der Waals surface area (Å²) < 4.78 is 0. The lowest BCUT2D eigenvalue weighted by atomic mass is 9.77. The van der Waals surface area contributed by atoms with Gasteiger partial charge in [0, 0.05) is 23.8 Å². The summed E-state index contributed by atoms with van der Waals surface area (Å²) in [5, 5.41) is 19.8. The average molecular weight is 390 g/mol. The van der Waals surface area contributed by atoms with Crippen LogP contribution >= 0.6 is 15.9 Å². The molecular formula is C17H28BrNO4. The lowest BCUT2D eigenvalue weighted by Crippen LogP contribution is -2.50. The number of carboxylic acids is 1. The zero-order chi connectivity index (χ0) is 17.1. The van der Waals surface area contributed by atoms with E-state index in [4.69, 9.17) is 0 Å². The number of amides is 1. The van der Waals surface area contributed by atoms with Crippen LogP contribution < -0.4 is 0 Å². The molecule has 2 bridgehead atoms. The van der Waals surface area contributed by atoms with Crippen molar-refractivity contribution in [2.45, 2.75) is 56.9 Å². The fourth-order valence-corrected chi connectivity index (χ4v) is 5.16. The number of aliphatic carboxylic acids is 1. The summed E-state index contributed by atoms with van der Waals surface area (Å²) in [7, 11) is 0. The second kappa shape index (κ2) is 7.97.